The SMILES string of the molecule is FC1CC(OC(F)(F)C2C(F)CC(C3C(F)CC(C4CCC(S)CO4)CC3F)CC2F)CC(F)C1F. The third-order valence-electron chi connectivity index (χ3n) is 8.46. The van der Waals surface area contributed by atoms with E-state index in [4.69, 9.17) is 4.74 Å². The fraction of sp³-hybridized carbons (Fsp3) is 1.00. The highest BCUT2D eigenvalue weighted by Crippen LogP contribution is 2.50. The second-order valence-electron chi connectivity index (χ2n) is 11.0. The molecule has 4 aliphatic rings. The van der Waals surface area contributed by atoms with Gasteiger partial charge >= 0.3 is 6.11 Å². The monoisotopic (exact) mass is 556 g/mol. The lowest BCUT2D eigenvalue weighted by molar-refractivity contribution is -0.323. The summed E-state index contributed by atoms with van der Waals surface area (Å²) in [5.74, 6) is -5.43. The van der Waals surface area contributed by atoms with Crippen molar-refractivity contribution in [1.29, 1.82) is 0 Å². The van der Waals surface area contributed by atoms with E-state index in [1.54, 1.807) is 0 Å². The Hall–Kier alpha value is -0.360. The van der Waals surface area contributed by atoms with Crippen molar-refractivity contribution in [2.75, 3.05) is 6.61 Å². The van der Waals surface area contributed by atoms with Gasteiger partial charge in [-0.3, -0.25) is 0 Å². The molecule has 0 aromatic rings. The van der Waals surface area contributed by atoms with Gasteiger partial charge < -0.3 is 9.47 Å². The molecule has 0 aromatic heterocycles. The lowest BCUT2D eigenvalue weighted by Crippen LogP contribution is -2.53. The molecular weight excluding hydrogens is 523 g/mol. The van der Waals surface area contributed by atoms with Crippen LogP contribution in [0.1, 0.15) is 51.4 Å². The Morgan fingerprint density at radius 1 is 0.667 bits per heavy atom. The van der Waals surface area contributed by atoms with Crippen LogP contribution >= 0.6 is 12.6 Å². The van der Waals surface area contributed by atoms with Crippen LogP contribution in [0.4, 0.5) is 39.5 Å². The summed E-state index contributed by atoms with van der Waals surface area (Å²) in [6.07, 6.45) is -23.9. The first-order valence-electron chi connectivity index (χ1n) is 12.7. The molecule has 4 rings (SSSR count). The largest absolute Gasteiger partial charge is 0.377 e. The summed E-state index contributed by atoms with van der Waals surface area (Å²) in [4.78, 5) is 0. The van der Waals surface area contributed by atoms with Gasteiger partial charge in [-0.2, -0.15) is 21.4 Å². The zero-order valence-corrected chi connectivity index (χ0v) is 20.5. The predicted octanol–water partition coefficient (Wildman–Crippen LogP) is 6.65. The van der Waals surface area contributed by atoms with Gasteiger partial charge in [0.15, 0.2) is 6.17 Å². The average molecular weight is 557 g/mol. The molecule has 36 heavy (non-hydrogen) atoms. The van der Waals surface area contributed by atoms with Gasteiger partial charge in [0.25, 0.3) is 0 Å². The molecule has 8 unspecified atom stereocenters. The molecule has 3 saturated carbocycles. The van der Waals surface area contributed by atoms with Crippen LogP contribution < -0.4 is 0 Å². The molecule has 2 nitrogen and oxygen atoms in total. The molecule has 1 heterocycles. The normalized spacial score (nSPS) is 51.2. The van der Waals surface area contributed by atoms with Crippen LogP contribution in [0.5, 0.6) is 0 Å². The molecule has 210 valence electrons. The van der Waals surface area contributed by atoms with Crippen molar-refractivity contribution in [2.24, 2.45) is 23.7 Å². The zero-order valence-electron chi connectivity index (χ0n) is 19.6. The van der Waals surface area contributed by atoms with Crippen LogP contribution in [0.25, 0.3) is 0 Å². The van der Waals surface area contributed by atoms with Gasteiger partial charge in [-0.1, -0.05) is 0 Å². The predicted molar refractivity (Wildman–Crippen MR) is 118 cm³/mol. The topological polar surface area (TPSA) is 18.5 Å². The molecule has 1 saturated heterocycles. The van der Waals surface area contributed by atoms with E-state index in [1.165, 1.54) is 0 Å². The summed E-state index contributed by atoms with van der Waals surface area (Å²) in [6.45, 7) is 0.377. The molecule has 4 fully saturated rings. The van der Waals surface area contributed by atoms with E-state index in [9.17, 15) is 30.7 Å². The smallest absolute Gasteiger partial charge is 0.364 e. The highest BCUT2D eigenvalue weighted by atomic mass is 32.1. The fourth-order valence-electron chi connectivity index (χ4n) is 6.65. The van der Waals surface area contributed by atoms with E-state index in [0.29, 0.717) is 13.0 Å². The maximum Gasteiger partial charge on any atom is 0.364 e. The second-order valence-corrected chi connectivity index (χ2v) is 11.7. The first-order valence-corrected chi connectivity index (χ1v) is 13.2. The molecular formula is C24H33F9O2S. The first kappa shape index (κ1) is 28.6. The third-order valence-corrected chi connectivity index (χ3v) is 8.87. The number of hydrogen-bond acceptors (Lipinski definition) is 3. The maximum absolute atomic E-state index is 15.1. The van der Waals surface area contributed by atoms with Gasteiger partial charge in [0.1, 0.15) is 42.9 Å². The van der Waals surface area contributed by atoms with Crippen LogP contribution in [-0.4, -0.2) is 73.4 Å². The van der Waals surface area contributed by atoms with E-state index < -0.39 is 98.9 Å². The van der Waals surface area contributed by atoms with Crippen molar-refractivity contribution in [3.05, 3.63) is 0 Å². The molecule has 1 aliphatic heterocycles. The quantitative estimate of drug-likeness (QED) is 0.302. The van der Waals surface area contributed by atoms with Crippen LogP contribution in [0, 0.1) is 23.7 Å². The van der Waals surface area contributed by atoms with Crippen molar-refractivity contribution in [3.8, 4) is 0 Å². The van der Waals surface area contributed by atoms with Gasteiger partial charge in [-0.05, 0) is 50.4 Å². The Balaban J connectivity index is 1.36. The van der Waals surface area contributed by atoms with Gasteiger partial charge in [0.2, 0.25) is 0 Å². The maximum atomic E-state index is 15.1. The standard InChI is InChI=1S/C24H33F9O2S/c25-14-3-10(20-2-1-13(36)9-34-20)4-15(26)21(14)11-5-16(27)22(17(28)6-11)24(32,33)35-12-7-18(29)23(31)19(30)8-12/h10-23,36H,1-9H2. The van der Waals surface area contributed by atoms with Crippen molar-refractivity contribution in [3.63, 3.8) is 0 Å². The number of hydrogen-bond donors (Lipinski definition) is 1. The van der Waals surface area contributed by atoms with E-state index in [-0.39, 0.29) is 30.1 Å². The highest BCUT2D eigenvalue weighted by Gasteiger charge is 2.58. The molecule has 0 amide bonds. The van der Waals surface area contributed by atoms with Crippen LogP contribution in [0.2, 0.25) is 0 Å². The summed E-state index contributed by atoms with van der Waals surface area (Å²) in [5.41, 5.74) is 0. The molecule has 0 radical (unpaired) electrons. The lowest BCUT2D eigenvalue weighted by atomic mass is 9.65. The number of thiol groups is 1. The lowest BCUT2D eigenvalue weighted by Gasteiger charge is -2.46. The van der Waals surface area contributed by atoms with Crippen molar-refractivity contribution < 1.29 is 49.0 Å². The van der Waals surface area contributed by atoms with E-state index >= 15 is 8.78 Å². The molecule has 12 heteroatoms. The minimum absolute atomic E-state index is 0.0356. The minimum atomic E-state index is -4.43. The average Bonchev–Trinajstić information content (AvgIpc) is 2.76. The summed E-state index contributed by atoms with van der Waals surface area (Å²) >= 11 is 4.32. The number of rotatable bonds is 5. The summed E-state index contributed by atoms with van der Waals surface area (Å²) < 4.78 is 140. The van der Waals surface area contributed by atoms with Gasteiger partial charge in [-0.25, -0.2) is 30.7 Å². The Morgan fingerprint density at radius 2 is 1.19 bits per heavy atom. The van der Waals surface area contributed by atoms with Gasteiger partial charge in [-0.15, -0.1) is 0 Å². The Labute approximate surface area is 210 Å². The van der Waals surface area contributed by atoms with Gasteiger partial charge in [0.05, 0.1) is 18.8 Å². The van der Waals surface area contributed by atoms with Crippen molar-refractivity contribution in [1.82, 2.24) is 0 Å². The Kier molecular flexibility index (Phi) is 9.07. The summed E-state index contributed by atoms with van der Waals surface area (Å²) in [5, 5.41) is 0.0655. The Bertz CT molecular complexity index is 692. The number of ether oxygens (including phenoxy) is 2. The van der Waals surface area contributed by atoms with Crippen molar-refractivity contribution >= 4 is 12.6 Å². The second kappa shape index (κ2) is 11.4. The van der Waals surface area contributed by atoms with Crippen LogP contribution in [0.3, 0.4) is 0 Å². The highest BCUT2D eigenvalue weighted by molar-refractivity contribution is 7.81. The number of halogens is 9. The molecule has 8 atom stereocenters. The zero-order chi connectivity index (χ0) is 26.4. The first-order chi connectivity index (χ1) is 16.9. The van der Waals surface area contributed by atoms with E-state index in [2.05, 4.69) is 17.4 Å². The summed E-state index contributed by atoms with van der Waals surface area (Å²) in [6, 6.07) is 0. The van der Waals surface area contributed by atoms with Crippen molar-refractivity contribution in [2.45, 2.75) is 118 Å². The Morgan fingerprint density at radius 3 is 1.69 bits per heavy atom. The number of alkyl halides is 9. The third kappa shape index (κ3) is 6.10. The fourth-order valence-corrected chi connectivity index (χ4v) is 6.89. The van der Waals surface area contributed by atoms with E-state index in [1.807, 2.05) is 0 Å². The molecule has 0 bridgehead atoms. The molecule has 0 N–H and O–H groups in total. The molecule has 0 spiro atoms. The summed E-state index contributed by atoms with van der Waals surface area (Å²) in [7, 11) is 0. The van der Waals surface area contributed by atoms with Crippen LogP contribution in [0.15, 0.2) is 0 Å². The molecule has 0 aromatic carbocycles. The van der Waals surface area contributed by atoms with E-state index in [0.717, 1.165) is 6.42 Å². The van der Waals surface area contributed by atoms with Gasteiger partial charge in [0, 0.05) is 24.0 Å². The van der Waals surface area contributed by atoms with Crippen LogP contribution in [-0.2, 0) is 9.47 Å². The molecule has 3 aliphatic carbocycles. The minimum Gasteiger partial charge on any atom is -0.377 e.